The van der Waals surface area contributed by atoms with Crippen LogP contribution in [-0.2, 0) is 0 Å². The molecule has 0 aliphatic rings. The molecule has 2 nitrogen and oxygen atoms in total. The van der Waals surface area contributed by atoms with Crippen molar-refractivity contribution in [2.45, 2.75) is 13.8 Å². The van der Waals surface area contributed by atoms with E-state index in [4.69, 9.17) is 4.74 Å². The first-order valence-electron chi connectivity index (χ1n) is 3.91. The van der Waals surface area contributed by atoms with Gasteiger partial charge in [0.25, 0.3) is 0 Å². The topological polar surface area (TPSA) is 21.6 Å². The van der Waals surface area contributed by atoms with E-state index < -0.39 is 0 Å². The number of nitrogens with zero attached hydrogens (tertiary/aromatic N) is 1. The maximum absolute atomic E-state index is 5.16. The largest absolute Gasteiger partial charge is 0.494 e. The smallest absolute Gasteiger partial charge is 0.144 e. The van der Waals surface area contributed by atoms with Crippen molar-refractivity contribution in [3.8, 4) is 5.75 Å². The molecule has 0 bridgehead atoms. The molecule has 0 saturated carbocycles. The zero-order valence-corrected chi connectivity index (χ0v) is 7.66. The van der Waals surface area contributed by atoms with Crippen molar-refractivity contribution in [1.82, 2.24) is 0 Å². The molecule has 0 spiro atoms. The van der Waals surface area contributed by atoms with Gasteiger partial charge in [0.15, 0.2) is 0 Å². The number of hydrogen-bond donors (Lipinski definition) is 0. The molecule has 0 aliphatic carbocycles. The van der Waals surface area contributed by atoms with E-state index in [1.807, 2.05) is 32.0 Å². The molecule has 0 N–H and O–H groups in total. The Morgan fingerprint density at radius 3 is 2.75 bits per heavy atom. The van der Waals surface area contributed by atoms with Crippen LogP contribution in [0.5, 0.6) is 5.75 Å². The second-order valence-corrected chi connectivity index (χ2v) is 2.56. The van der Waals surface area contributed by atoms with Crippen molar-refractivity contribution in [2.24, 2.45) is 4.99 Å². The minimum Gasteiger partial charge on any atom is -0.494 e. The number of rotatable bonds is 2. The lowest BCUT2D eigenvalue weighted by atomic mass is 10.2. The third-order valence-corrected chi connectivity index (χ3v) is 1.60. The van der Waals surface area contributed by atoms with Crippen LogP contribution in [0.3, 0.4) is 0 Å². The predicted molar refractivity (Wildman–Crippen MR) is 51.6 cm³/mol. The maximum Gasteiger partial charge on any atom is 0.144 e. The Bertz CT molecular complexity index is 292. The van der Waals surface area contributed by atoms with Crippen molar-refractivity contribution in [2.75, 3.05) is 7.11 Å². The first-order chi connectivity index (χ1) is 5.77. The Morgan fingerprint density at radius 1 is 1.42 bits per heavy atom. The van der Waals surface area contributed by atoms with Crippen molar-refractivity contribution in [3.63, 3.8) is 0 Å². The normalized spacial score (nSPS) is 10.6. The monoisotopic (exact) mass is 163 g/mol. The second-order valence-electron chi connectivity index (χ2n) is 2.56. The molecule has 0 radical (unpaired) electrons. The summed E-state index contributed by atoms with van der Waals surface area (Å²) in [5.41, 5.74) is 2.06. The highest BCUT2D eigenvalue weighted by atomic mass is 16.5. The van der Waals surface area contributed by atoms with Crippen LogP contribution in [0.15, 0.2) is 23.2 Å². The average molecular weight is 163 g/mol. The Balaban J connectivity index is 3.10. The molecule has 0 aliphatic heterocycles. The first-order valence-corrected chi connectivity index (χ1v) is 3.91. The van der Waals surface area contributed by atoms with Crippen molar-refractivity contribution in [1.29, 1.82) is 0 Å². The van der Waals surface area contributed by atoms with Crippen LogP contribution in [0.4, 0.5) is 5.69 Å². The summed E-state index contributed by atoms with van der Waals surface area (Å²) in [5, 5.41) is 0. The number of hydrogen-bond acceptors (Lipinski definition) is 2. The van der Waals surface area contributed by atoms with Crippen molar-refractivity contribution < 1.29 is 4.74 Å². The summed E-state index contributed by atoms with van der Waals surface area (Å²) in [7, 11) is 1.66. The molecule has 2 heteroatoms. The summed E-state index contributed by atoms with van der Waals surface area (Å²) >= 11 is 0. The molecule has 1 aromatic rings. The van der Waals surface area contributed by atoms with Crippen LogP contribution in [0, 0.1) is 6.92 Å². The van der Waals surface area contributed by atoms with Crippen LogP contribution in [0.2, 0.25) is 0 Å². The zero-order chi connectivity index (χ0) is 8.97. The highest BCUT2D eigenvalue weighted by molar-refractivity contribution is 5.64. The molecule has 0 unspecified atom stereocenters. The van der Waals surface area contributed by atoms with Crippen LogP contribution in [-0.4, -0.2) is 13.3 Å². The molecule has 0 aromatic heterocycles. The lowest BCUT2D eigenvalue weighted by molar-refractivity contribution is 0.416. The van der Waals surface area contributed by atoms with E-state index >= 15 is 0 Å². The number of benzene rings is 1. The van der Waals surface area contributed by atoms with E-state index in [0.29, 0.717) is 0 Å². The maximum atomic E-state index is 5.16. The number of ether oxygens (including phenoxy) is 1. The summed E-state index contributed by atoms with van der Waals surface area (Å²) in [6.07, 6.45) is 1.76. The quantitative estimate of drug-likeness (QED) is 0.614. The second kappa shape index (κ2) is 3.90. The van der Waals surface area contributed by atoms with Gasteiger partial charge in [0.2, 0.25) is 0 Å². The zero-order valence-electron chi connectivity index (χ0n) is 7.66. The van der Waals surface area contributed by atoms with Gasteiger partial charge in [0.1, 0.15) is 11.4 Å². The van der Waals surface area contributed by atoms with Crippen LogP contribution < -0.4 is 4.74 Å². The van der Waals surface area contributed by atoms with Gasteiger partial charge < -0.3 is 4.74 Å². The lowest BCUT2D eigenvalue weighted by Crippen LogP contribution is -1.84. The minimum atomic E-state index is 0.827. The molecule has 1 rings (SSSR count). The van der Waals surface area contributed by atoms with E-state index in [1.54, 1.807) is 13.3 Å². The summed E-state index contributed by atoms with van der Waals surface area (Å²) in [6.45, 7) is 3.92. The number of aryl methyl sites for hydroxylation is 1. The molecule has 0 atom stereocenters. The van der Waals surface area contributed by atoms with Gasteiger partial charge in [-0.25, -0.2) is 0 Å². The van der Waals surface area contributed by atoms with Crippen LogP contribution in [0.25, 0.3) is 0 Å². The van der Waals surface area contributed by atoms with Gasteiger partial charge in [-0.05, 0) is 31.5 Å². The lowest BCUT2D eigenvalue weighted by Gasteiger charge is -2.04. The fourth-order valence-corrected chi connectivity index (χ4v) is 1.03. The fourth-order valence-electron chi connectivity index (χ4n) is 1.03. The third kappa shape index (κ3) is 1.84. The Hall–Kier alpha value is -1.31. The van der Waals surface area contributed by atoms with Gasteiger partial charge in [-0.1, -0.05) is 6.07 Å². The fraction of sp³-hybridized carbons (Fsp3) is 0.300. The van der Waals surface area contributed by atoms with Crippen molar-refractivity contribution in [3.05, 3.63) is 23.8 Å². The summed E-state index contributed by atoms with van der Waals surface area (Å²) in [6, 6.07) is 5.95. The van der Waals surface area contributed by atoms with Gasteiger partial charge >= 0.3 is 0 Å². The van der Waals surface area contributed by atoms with Crippen molar-refractivity contribution >= 4 is 11.9 Å². The molecule has 0 amide bonds. The van der Waals surface area contributed by atoms with Gasteiger partial charge in [0.05, 0.1) is 7.11 Å². The number of aliphatic imine (C=N–C) groups is 1. The molecule has 12 heavy (non-hydrogen) atoms. The standard InChI is InChI=1S/C10H13NO/c1-4-11-9-6-5-8(2)7-10(9)12-3/h4-7H,1-3H3. The van der Waals surface area contributed by atoms with E-state index in [9.17, 15) is 0 Å². The molecule has 0 saturated heterocycles. The van der Waals surface area contributed by atoms with E-state index in [0.717, 1.165) is 11.4 Å². The Kier molecular flexibility index (Phi) is 2.86. The highest BCUT2D eigenvalue weighted by Crippen LogP contribution is 2.27. The van der Waals surface area contributed by atoms with Crippen LogP contribution >= 0.6 is 0 Å². The highest BCUT2D eigenvalue weighted by Gasteiger charge is 1.98. The number of methoxy groups -OCH3 is 1. The average Bonchev–Trinajstić information content (AvgIpc) is 2.08. The SMILES string of the molecule is CC=Nc1ccc(C)cc1OC. The summed E-state index contributed by atoms with van der Waals surface area (Å²) in [5.74, 6) is 0.827. The Morgan fingerprint density at radius 2 is 2.17 bits per heavy atom. The van der Waals surface area contributed by atoms with Gasteiger partial charge in [-0.3, -0.25) is 4.99 Å². The van der Waals surface area contributed by atoms with Gasteiger partial charge in [0, 0.05) is 6.21 Å². The molecule has 0 fully saturated rings. The van der Waals surface area contributed by atoms with Crippen LogP contribution in [0.1, 0.15) is 12.5 Å². The molecule has 64 valence electrons. The molecule has 0 heterocycles. The molecular weight excluding hydrogens is 150 g/mol. The predicted octanol–water partition coefficient (Wildman–Crippen LogP) is 2.73. The molecule has 1 aromatic carbocycles. The summed E-state index contributed by atoms with van der Waals surface area (Å²) in [4.78, 5) is 4.17. The van der Waals surface area contributed by atoms with E-state index in [1.165, 1.54) is 5.56 Å². The van der Waals surface area contributed by atoms with Gasteiger partial charge in [-0.15, -0.1) is 0 Å². The van der Waals surface area contributed by atoms with E-state index in [-0.39, 0.29) is 0 Å². The minimum absolute atomic E-state index is 0.827. The summed E-state index contributed by atoms with van der Waals surface area (Å²) < 4.78 is 5.16. The van der Waals surface area contributed by atoms with Gasteiger partial charge in [-0.2, -0.15) is 0 Å². The third-order valence-electron chi connectivity index (χ3n) is 1.60. The van der Waals surface area contributed by atoms with E-state index in [2.05, 4.69) is 4.99 Å². The molecular formula is C10H13NO. The Labute approximate surface area is 72.9 Å². The first kappa shape index (κ1) is 8.78.